The molecule has 0 aliphatic rings. The molecule has 0 aliphatic heterocycles. The summed E-state index contributed by atoms with van der Waals surface area (Å²) in [4.78, 5) is 0.305. The number of H-pyrrole nitrogens is 1. The summed E-state index contributed by atoms with van der Waals surface area (Å²) in [5, 5.41) is 9.92. The highest BCUT2D eigenvalue weighted by Gasteiger charge is 2.27. The first-order chi connectivity index (χ1) is 8.45. The highest BCUT2D eigenvalue weighted by molar-refractivity contribution is 7.89. The molecule has 0 atom stereocenters. The number of nitrogens with one attached hydrogen (secondary N) is 2. The Bertz CT molecular complexity index is 481. The minimum absolute atomic E-state index is 0.305. The predicted molar refractivity (Wildman–Crippen MR) is 70.8 cm³/mol. The van der Waals surface area contributed by atoms with Gasteiger partial charge < -0.3 is 5.32 Å². The summed E-state index contributed by atoms with van der Waals surface area (Å²) in [6, 6.07) is 0. The Morgan fingerprint density at radius 1 is 1.39 bits per heavy atom. The first-order valence-corrected chi connectivity index (χ1v) is 7.60. The van der Waals surface area contributed by atoms with Crippen molar-refractivity contribution >= 4 is 10.0 Å². The third-order valence-electron chi connectivity index (χ3n) is 2.71. The average Bonchev–Trinajstić information content (AvgIpc) is 2.68. The van der Waals surface area contributed by atoms with Gasteiger partial charge in [0, 0.05) is 20.1 Å². The van der Waals surface area contributed by atoms with Crippen molar-refractivity contribution < 1.29 is 8.42 Å². The van der Waals surface area contributed by atoms with Crippen molar-refractivity contribution in [3.63, 3.8) is 0 Å². The van der Waals surface area contributed by atoms with Gasteiger partial charge in [-0.2, -0.15) is 5.10 Å². The van der Waals surface area contributed by atoms with E-state index in [0.29, 0.717) is 29.4 Å². The highest BCUT2D eigenvalue weighted by atomic mass is 32.2. The second-order valence-electron chi connectivity index (χ2n) is 4.23. The number of aromatic nitrogens is 2. The second kappa shape index (κ2) is 6.31. The number of nitrogens with zero attached hydrogens (tertiary/aromatic N) is 2. The summed E-state index contributed by atoms with van der Waals surface area (Å²) in [5.74, 6) is 0. The fourth-order valence-electron chi connectivity index (χ4n) is 1.77. The lowest BCUT2D eigenvalue weighted by Crippen LogP contribution is -2.29. The van der Waals surface area contributed by atoms with Crippen molar-refractivity contribution in [2.24, 2.45) is 0 Å². The number of sulfonamides is 1. The smallest absolute Gasteiger partial charge is 0.246 e. The van der Waals surface area contributed by atoms with Gasteiger partial charge in [0.2, 0.25) is 10.0 Å². The zero-order chi connectivity index (χ0) is 13.8. The Hall–Kier alpha value is -0.920. The summed E-state index contributed by atoms with van der Waals surface area (Å²) < 4.78 is 26.2. The van der Waals surface area contributed by atoms with Gasteiger partial charge in [0.1, 0.15) is 4.90 Å². The summed E-state index contributed by atoms with van der Waals surface area (Å²) >= 11 is 0. The molecule has 7 heteroatoms. The molecule has 0 aromatic carbocycles. The molecule has 0 fully saturated rings. The van der Waals surface area contributed by atoms with Crippen LogP contribution in [0.25, 0.3) is 0 Å². The van der Waals surface area contributed by atoms with Crippen LogP contribution < -0.4 is 5.32 Å². The molecule has 104 valence electrons. The van der Waals surface area contributed by atoms with Crippen LogP contribution in [-0.2, 0) is 16.6 Å². The van der Waals surface area contributed by atoms with Crippen molar-refractivity contribution in [1.82, 2.24) is 19.8 Å². The molecule has 0 bridgehead atoms. The maximum atomic E-state index is 12.4. The van der Waals surface area contributed by atoms with E-state index < -0.39 is 10.0 Å². The maximum Gasteiger partial charge on any atom is 0.246 e. The van der Waals surface area contributed by atoms with Crippen LogP contribution in [0.4, 0.5) is 0 Å². The lowest BCUT2D eigenvalue weighted by molar-refractivity contribution is 0.467. The van der Waals surface area contributed by atoms with Crippen molar-refractivity contribution in [3.05, 3.63) is 11.4 Å². The van der Waals surface area contributed by atoms with Gasteiger partial charge in [-0.3, -0.25) is 5.10 Å². The zero-order valence-corrected chi connectivity index (χ0v) is 12.3. The molecule has 1 rings (SSSR count). The Balaban J connectivity index is 3.10. The van der Waals surface area contributed by atoms with E-state index in [4.69, 9.17) is 0 Å². The van der Waals surface area contributed by atoms with Crippen molar-refractivity contribution in [2.75, 3.05) is 20.1 Å². The summed E-state index contributed by atoms with van der Waals surface area (Å²) in [5.41, 5.74) is 1.14. The van der Waals surface area contributed by atoms with E-state index in [-0.39, 0.29) is 0 Å². The highest BCUT2D eigenvalue weighted by Crippen LogP contribution is 2.21. The molecule has 1 aromatic rings. The van der Waals surface area contributed by atoms with Crippen LogP contribution in [0.1, 0.15) is 31.7 Å². The minimum atomic E-state index is -3.45. The lowest BCUT2D eigenvalue weighted by atomic mass is 10.3. The van der Waals surface area contributed by atoms with Gasteiger partial charge >= 0.3 is 0 Å². The van der Waals surface area contributed by atoms with E-state index in [1.165, 1.54) is 4.31 Å². The van der Waals surface area contributed by atoms with Gasteiger partial charge in [-0.05, 0) is 19.9 Å². The van der Waals surface area contributed by atoms with Crippen LogP contribution in [-0.4, -0.2) is 43.1 Å². The number of hydrogen-bond donors (Lipinski definition) is 2. The van der Waals surface area contributed by atoms with Crippen LogP contribution in [0, 0.1) is 6.92 Å². The van der Waals surface area contributed by atoms with E-state index in [1.54, 1.807) is 14.0 Å². The van der Waals surface area contributed by atoms with Crippen LogP contribution in [0.15, 0.2) is 4.90 Å². The van der Waals surface area contributed by atoms with E-state index in [9.17, 15) is 8.42 Å². The fraction of sp³-hybridized carbons (Fsp3) is 0.727. The van der Waals surface area contributed by atoms with E-state index in [1.807, 2.05) is 13.8 Å². The zero-order valence-electron chi connectivity index (χ0n) is 11.4. The molecule has 0 aliphatic carbocycles. The van der Waals surface area contributed by atoms with Crippen LogP contribution in [0.3, 0.4) is 0 Å². The van der Waals surface area contributed by atoms with Gasteiger partial charge in [-0.15, -0.1) is 0 Å². The van der Waals surface area contributed by atoms with Crippen LogP contribution in [0.5, 0.6) is 0 Å². The summed E-state index contributed by atoms with van der Waals surface area (Å²) in [6.45, 7) is 7.39. The van der Waals surface area contributed by atoms with Gasteiger partial charge in [0.05, 0.1) is 11.4 Å². The third-order valence-corrected chi connectivity index (χ3v) is 4.77. The largest absolute Gasteiger partial charge is 0.311 e. The number of aromatic amines is 1. The molecule has 0 spiro atoms. The Morgan fingerprint density at radius 3 is 2.61 bits per heavy atom. The molecule has 0 saturated heterocycles. The van der Waals surface area contributed by atoms with E-state index >= 15 is 0 Å². The molecule has 0 radical (unpaired) electrons. The Kier molecular flexibility index (Phi) is 5.30. The standard InChI is InChI=1S/C11H22N4O2S/c1-5-7-15(4)18(16,17)11-9(3)13-14-10(11)8-12-6-2/h12H,5-8H2,1-4H3,(H,13,14). The first-order valence-electron chi connectivity index (χ1n) is 6.16. The molecule has 1 heterocycles. The Morgan fingerprint density at radius 2 is 2.06 bits per heavy atom. The molecule has 6 nitrogen and oxygen atoms in total. The number of aryl methyl sites for hydroxylation is 1. The van der Waals surface area contributed by atoms with Crippen molar-refractivity contribution in [2.45, 2.75) is 38.6 Å². The van der Waals surface area contributed by atoms with Gasteiger partial charge in [-0.25, -0.2) is 12.7 Å². The van der Waals surface area contributed by atoms with E-state index in [2.05, 4.69) is 15.5 Å². The average molecular weight is 274 g/mol. The van der Waals surface area contributed by atoms with Crippen LogP contribution in [0.2, 0.25) is 0 Å². The monoisotopic (exact) mass is 274 g/mol. The molecule has 2 N–H and O–H groups in total. The molecule has 18 heavy (non-hydrogen) atoms. The number of hydrogen-bond acceptors (Lipinski definition) is 4. The van der Waals surface area contributed by atoms with E-state index in [0.717, 1.165) is 13.0 Å². The van der Waals surface area contributed by atoms with Crippen LogP contribution >= 0.6 is 0 Å². The van der Waals surface area contributed by atoms with Crippen molar-refractivity contribution in [1.29, 1.82) is 0 Å². The fourth-order valence-corrected chi connectivity index (χ4v) is 3.35. The molecular weight excluding hydrogens is 252 g/mol. The van der Waals surface area contributed by atoms with Gasteiger partial charge in [0.15, 0.2) is 0 Å². The Labute approximate surface area is 109 Å². The minimum Gasteiger partial charge on any atom is -0.311 e. The normalized spacial score (nSPS) is 12.3. The predicted octanol–water partition coefficient (Wildman–Crippen LogP) is 0.858. The van der Waals surface area contributed by atoms with Crippen molar-refractivity contribution in [3.8, 4) is 0 Å². The van der Waals surface area contributed by atoms with Gasteiger partial charge in [0.25, 0.3) is 0 Å². The molecule has 0 saturated carbocycles. The first kappa shape index (κ1) is 15.1. The summed E-state index contributed by atoms with van der Waals surface area (Å²) in [7, 11) is -1.85. The maximum absolute atomic E-state index is 12.4. The molecular formula is C11H22N4O2S. The topological polar surface area (TPSA) is 78.1 Å². The molecule has 0 unspecified atom stereocenters. The summed E-state index contributed by atoms with van der Waals surface area (Å²) in [6.07, 6.45) is 0.787. The second-order valence-corrected chi connectivity index (χ2v) is 6.21. The lowest BCUT2D eigenvalue weighted by Gasteiger charge is -2.16. The molecule has 1 aromatic heterocycles. The SMILES string of the molecule is CCCN(C)S(=O)(=O)c1c(CNCC)n[nH]c1C. The molecule has 0 amide bonds. The third kappa shape index (κ3) is 3.09. The van der Waals surface area contributed by atoms with Gasteiger partial charge in [-0.1, -0.05) is 13.8 Å². The number of rotatable bonds is 7. The quantitative estimate of drug-likeness (QED) is 0.773.